The van der Waals surface area contributed by atoms with Gasteiger partial charge in [0.1, 0.15) is 0 Å². The second-order valence-electron chi connectivity index (χ2n) is 3.93. The third kappa shape index (κ3) is 2.38. The topological polar surface area (TPSA) is 31.2 Å². The van der Waals surface area contributed by atoms with E-state index in [1.165, 1.54) is 7.11 Å². The number of esters is 1. The molecule has 0 saturated carbocycles. The van der Waals surface area contributed by atoms with Gasteiger partial charge in [-0.3, -0.25) is 4.79 Å². The Morgan fingerprint density at radius 3 is 2.29 bits per heavy atom. The van der Waals surface area contributed by atoms with E-state index in [-0.39, 0.29) is 11.9 Å². The van der Waals surface area contributed by atoms with Crippen LogP contribution < -0.4 is 0 Å². The van der Waals surface area contributed by atoms with Crippen LogP contribution >= 0.6 is 0 Å². The Labute approximate surface area is 101 Å². The van der Waals surface area contributed by atoms with Crippen molar-refractivity contribution in [1.82, 2.24) is 4.57 Å². The highest BCUT2D eigenvalue weighted by atomic mass is 16.5. The van der Waals surface area contributed by atoms with E-state index < -0.39 is 0 Å². The molecular weight excluding hydrogens is 214 g/mol. The zero-order valence-corrected chi connectivity index (χ0v) is 9.96. The van der Waals surface area contributed by atoms with Crippen LogP contribution in [0, 0.1) is 0 Å². The molecule has 88 valence electrons. The van der Waals surface area contributed by atoms with E-state index in [2.05, 4.69) is 0 Å². The zero-order valence-electron chi connectivity index (χ0n) is 9.96. The second kappa shape index (κ2) is 4.87. The summed E-state index contributed by atoms with van der Waals surface area (Å²) in [5.74, 6) is -0.433. The number of benzene rings is 1. The predicted octanol–water partition coefficient (Wildman–Crippen LogP) is 2.75. The van der Waals surface area contributed by atoms with Crippen LogP contribution in [-0.2, 0) is 9.53 Å². The molecule has 0 aliphatic carbocycles. The van der Waals surface area contributed by atoms with E-state index in [0.29, 0.717) is 0 Å². The molecule has 1 aromatic heterocycles. The van der Waals surface area contributed by atoms with Gasteiger partial charge >= 0.3 is 5.97 Å². The Hall–Kier alpha value is -2.03. The summed E-state index contributed by atoms with van der Waals surface area (Å²) in [5.41, 5.74) is 2.04. The van der Waals surface area contributed by atoms with Crippen LogP contribution in [0.25, 0.3) is 5.69 Å². The van der Waals surface area contributed by atoms with E-state index in [9.17, 15) is 4.79 Å². The third-order valence-electron chi connectivity index (χ3n) is 2.85. The minimum Gasteiger partial charge on any atom is -0.469 e. The number of rotatable bonds is 3. The first-order valence-electron chi connectivity index (χ1n) is 5.53. The second-order valence-corrected chi connectivity index (χ2v) is 3.93. The van der Waals surface area contributed by atoms with Gasteiger partial charge < -0.3 is 9.30 Å². The average Bonchev–Trinajstić information content (AvgIpc) is 2.91. The Balaban J connectivity index is 2.21. The first-order chi connectivity index (χ1) is 8.22. The lowest BCUT2D eigenvalue weighted by Gasteiger charge is -2.10. The molecule has 17 heavy (non-hydrogen) atoms. The summed E-state index contributed by atoms with van der Waals surface area (Å²) in [6.45, 7) is 1.84. The van der Waals surface area contributed by atoms with Crippen LogP contribution in [0.15, 0.2) is 48.8 Å². The normalized spacial score (nSPS) is 12.1. The number of hydrogen-bond donors (Lipinski definition) is 0. The molecular formula is C14H15NO2. The summed E-state index contributed by atoms with van der Waals surface area (Å²) >= 11 is 0. The molecule has 1 unspecified atom stereocenters. The smallest absolute Gasteiger partial charge is 0.312 e. The fourth-order valence-electron chi connectivity index (χ4n) is 1.75. The fraction of sp³-hybridized carbons (Fsp3) is 0.214. The molecule has 1 atom stereocenters. The van der Waals surface area contributed by atoms with Crippen molar-refractivity contribution in [2.45, 2.75) is 12.8 Å². The average molecular weight is 229 g/mol. The summed E-state index contributed by atoms with van der Waals surface area (Å²) in [6, 6.07) is 11.9. The molecule has 0 N–H and O–H groups in total. The molecule has 0 saturated heterocycles. The van der Waals surface area contributed by atoms with Gasteiger partial charge in [-0.25, -0.2) is 0 Å². The molecule has 1 aromatic carbocycles. The van der Waals surface area contributed by atoms with Gasteiger partial charge in [0.2, 0.25) is 0 Å². The van der Waals surface area contributed by atoms with E-state index in [0.717, 1.165) is 11.3 Å². The van der Waals surface area contributed by atoms with Crippen LogP contribution in [0.1, 0.15) is 18.4 Å². The van der Waals surface area contributed by atoms with Crippen LogP contribution in [-0.4, -0.2) is 17.6 Å². The van der Waals surface area contributed by atoms with Crippen molar-refractivity contribution < 1.29 is 9.53 Å². The number of nitrogens with zero attached hydrogens (tertiary/aromatic N) is 1. The van der Waals surface area contributed by atoms with Crippen molar-refractivity contribution in [3.63, 3.8) is 0 Å². The van der Waals surface area contributed by atoms with Crippen LogP contribution in [0.2, 0.25) is 0 Å². The highest BCUT2D eigenvalue weighted by Crippen LogP contribution is 2.18. The van der Waals surface area contributed by atoms with Gasteiger partial charge in [-0.1, -0.05) is 12.1 Å². The molecule has 2 rings (SSSR count). The van der Waals surface area contributed by atoms with Gasteiger partial charge in [0.15, 0.2) is 0 Å². The number of carbonyl (C=O) groups is 1. The lowest BCUT2D eigenvalue weighted by Crippen LogP contribution is -2.10. The molecule has 1 heterocycles. The van der Waals surface area contributed by atoms with Gasteiger partial charge in [0.25, 0.3) is 0 Å². The molecule has 0 fully saturated rings. The summed E-state index contributed by atoms with van der Waals surface area (Å²) < 4.78 is 6.75. The van der Waals surface area contributed by atoms with Crippen molar-refractivity contribution in [3.05, 3.63) is 54.4 Å². The molecule has 0 aliphatic heterocycles. The van der Waals surface area contributed by atoms with E-state index >= 15 is 0 Å². The predicted molar refractivity (Wildman–Crippen MR) is 66.2 cm³/mol. The first-order valence-corrected chi connectivity index (χ1v) is 5.53. The number of hydrogen-bond acceptors (Lipinski definition) is 2. The maximum Gasteiger partial charge on any atom is 0.312 e. The largest absolute Gasteiger partial charge is 0.469 e. The Bertz CT molecular complexity index is 485. The van der Waals surface area contributed by atoms with Gasteiger partial charge in [-0.05, 0) is 36.8 Å². The molecule has 2 aromatic rings. The molecule has 3 heteroatoms. The highest BCUT2D eigenvalue weighted by Gasteiger charge is 2.14. The molecule has 0 spiro atoms. The van der Waals surface area contributed by atoms with Crippen molar-refractivity contribution in [3.8, 4) is 5.69 Å². The van der Waals surface area contributed by atoms with Gasteiger partial charge in [0, 0.05) is 18.1 Å². The van der Waals surface area contributed by atoms with Gasteiger partial charge in [-0.2, -0.15) is 0 Å². The van der Waals surface area contributed by atoms with Crippen molar-refractivity contribution >= 4 is 5.97 Å². The summed E-state index contributed by atoms with van der Waals surface area (Å²) in [4.78, 5) is 11.4. The van der Waals surface area contributed by atoms with Crippen molar-refractivity contribution in [2.75, 3.05) is 7.11 Å². The van der Waals surface area contributed by atoms with E-state index in [4.69, 9.17) is 4.74 Å². The minimum atomic E-state index is -0.223. The maximum absolute atomic E-state index is 11.4. The standard InChI is InChI=1S/C14H15NO2/c1-11(14(16)17-2)12-5-7-13(8-6-12)15-9-3-4-10-15/h3-11H,1-2H3. The number of ether oxygens (including phenoxy) is 1. The van der Waals surface area contributed by atoms with Gasteiger partial charge in [-0.15, -0.1) is 0 Å². The first kappa shape index (κ1) is 11.5. The Kier molecular flexibility index (Phi) is 3.28. The van der Waals surface area contributed by atoms with Crippen LogP contribution in [0.4, 0.5) is 0 Å². The van der Waals surface area contributed by atoms with E-state index in [1.54, 1.807) is 0 Å². The zero-order chi connectivity index (χ0) is 12.3. The monoisotopic (exact) mass is 229 g/mol. The lowest BCUT2D eigenvalue weighted by molar-refractivity contribution is -0.141. The number of methoxy groups -OCH3 is 1. The number of aromatic nitrogens is 1. The van der Waals surface area contributed by atoms with Crippen molar-refractivity contribution in [2.24, 2.45) is 0 Å². The quantitative estimate of drug-likeness (QED) is 0.758. The maximum atomic E-state index is 11.4. The van der Waals surface area contributed by atoms with Gasteiger partial charge in [0.05, 0.1) is 13.0 Å². The molecule has 0 radical (unpaired) electrons. The SMILES string of the molecule is COC(=O)C(C)c1ccc(-n2cccc2)cc1. The molecule has 0 bridgehead atoms. The Morgan fingerprint density at radius 1 is 1.18 bits per heavy atom. The summed E-state index contributed by atoms with van der Waals surface area (Å²) in [5, 5.41) is 0. The Morgan fingerprint density at radius 2 is 1.76 bits per heavy atom. The summed E-state index contributed by atoms with van der Waals surface area (Å²) in [7, 11) is 1.41. The fourth-order valence-corrected chi connectivity index (χ4v) is 1.75. The lowest BCUT2D eigenvalue weighted by atomic mass is 10.0. The van der Waals surface area contributed by atoms with Crippen LogP contribution in [0.5, 0.6) is 0 Å². The highest BCUT2D eigenvalue weighted by molar-refractivity contribution is 5.77. The molecule has 0 aliphatic rings. The van der Waals surface area contributed by atoms with Crippen LogP contribution in [0.3, 0.4) is 0 Å². The molecule has 3 nitrogen and oxygen atoms in total. The number of carbonyl (C=O) groups excluding carboxylic acids is 1. The van der Waals surface area contributed by atoms with Crippen molar-refractivity contribution in [1.29, 1.82) is 0 Å². The summed E-state index contributed by atoms with van der Waals surface area (Å²) in [6.07, 6.45) is 3.97. The molecule has 0 amide bonds. The van der Waals surface area contributed by atoms with E-state index in [1.807, 2.05) is 60.3 Å². The third-order valence-corrected chi connectivity index (χ3v) is 2.85. The minimum absolute atomic E-state index is 0.210.